The maximum absolute atomic E-state index is 12.8. The van der Waals surface area contributed by atoms with Crippen LogP contribution in [0.25, 0.3) is 15.9 Å². The van der Waals surface area contributed by atoms with Gasteiger partial charge in [-0.2, -0.15) is 5.10 Å². The van der Waals surface area contributed by atoms with Crippen molar-refractivity contribution in [1.29, 1.82) is 0 Å². The molecule has 2 heterocycles. The van der Waals surface area contributed by atoms with Crippen molar-refractivity contribution in [1.82, 2.24) is 20.0 Å². The molecule has 0 spiro atoms. The number of benzene rings is 1. The third kappa shape index (κ3) is 4.77. The topological polar surface area (TPSA) is 76.5 Å². The summed E-state index contributed by atoms with van der Waals surface area (Å²) < 4.78 is 6.71. The van der Waals surface area contributed by atoms with Crippen LogP contribution in [-0.2, 0) is 9.53 Å². The average molecular weight is 435 g/mol. The third-order valence-electron chi connectivity index (χ3n) is 4.41. The fourth-order valence-electron chi connectivity index (χ4n) is 2.91. The number of thiophene rings is 1. The number of hydrogen-bond donors (Lipinski definition) is 1. The zero-order valence-electron chi connectivity index (χ0n) is 16.6. The van der Waals surface area contributed by atoms with E-state index in [1.807, 2.05) is 31.2 Å². The molecule has 2 amide bonds. The lowest BCUT2D eigenvalue weighted by Gasteiger charge is -2.15. The van der Waals surface area contributed by atoms with E-state index in [9.17, 15) is 9.59 Å². The van der Waals surface area contributed by atoms with E-state index in [4.69, 9.17) is 16.3 Å². The zero-order valence-corrected chi connectivity index (χ0v) is 18.1. The molecule has 3 aromatic rings. The number of carbonyl (C=O) groups is 2. The van der Waals surface area contributed by atoms with Gasteiger partial charge in [-0.1, -0.05) is 23.7 Å². The fraction of sp³-hybridized carbons (Fsp3) is 0.350. The van der Waals surface area contributed by atoms with Crippen molar-refractivity contribution in [3.63, 3.8) is 0 Å². The number of methoxy groups -OCH3 is 1. The second kappa shape index (κ2) is 9.39. The van der Waals surface area contributed by atoms with Gasteiger partial charge in [-0.05, 0) is 31.5 Å². The molecule has 0 radical (unpaired) electrons. The second-order valence-corrected chi connectivity index (χ2v) is 8.07. The molecule has 0 aliphatic carbocycles. The molecule has 154 valence electrons. The van der Waals surface area contributed by atoms with Gasteiger partial charge in [0.05, 0.1) is 27.8 Å². The van der Waals surface area contributed by atoms with E-state index in [2.05, 4.69) is 10.4 Å². The van der Waals surface area contributed by atoms with E-state index < -0.39 is 0 Å². The van der Waals surface area contributed by atoms with Crippen molar-refractivity contribution in [2.75, 3.05) is 33.9 Å². The highest BCUT2D eigenvalue weighted by molar-refractivity contribution is 7.20. The van der Waals surface area contributed by atoms with Gasteiger partial charge in [0.25, 0.3) is 5.91 Å². The maximum atomic E-state index is 12.8. The summed E-state index contributed by atoms with van der Waals surface area (Å²) in [6.07, 6.45) is 0.730. The number of nitrogens with one attached hydrogen (secondary N) is 1. The molecular formula is C20H23ClN4O3S. The highest BCUT2D eigenvalue weighted by Gasteiger charge is 2.21. The number of ether oxygens (including phenoxy) is 1. The summed E-state index contributed by atoms with van der Waals surface area (Å²) in [4.78, 5) is 27.7. The molecule has 9 heteroatoms. The molecule has 0 atom stereocenters. The summed E-state index contributed by atoms with van der Waals surface area (Å²) in [5.74, 6) is -0.403. The van der Waals surface area contributed by atoms with Gasteiger partial charge in [0, 0.05) is 32.7 Å². The highest BCUT2D eigenvalue weighted by Crippen LogP contribution is 2.32. The van der Waals surface area contributed by atoms with Gasteiger partial charge in [0.2, 0.25) is 5.91 Å². The first kappa shape index (κ1) is 21.3. The van der Waals surface area contributed by atoms with Crippen molar-refractivity contribution >= 4 is 45.0 Å². The number of aryl methyl sites for hydroxylation is 1. The number of likely N-dealkylation sites (N-methyl/N-ethyl adjacent to an activating group) is 1. The number of rotatable bonds is 8. The van der Waals surface area contributed by atoms with Crippen molar-refractivity contribution in [3.05, 3.63) is 45.9 Å². The minimum atomic E-state index is -0.205. The lowest BCUT2D eigenvalue weighted by molar-refractivity contribution is -0.121. The standard InChI is InChI=1S/C20H23ClN4O3S/c1-13-14-11-17(19(27)24(2)12-18(26)22-9-6-10-28-3)29-20(14)25(23-13)16-8-5-4-7-15(16)21/h4-5,7-8,11H,6,9-10,12H2,1-3H3,(H,22,26). The van der Waals surface area contributed by atoms with Crippen LogP contribution in [0.3, 0.4) is 0 Å². The molecule has 3 rings (SSSR count). The molecule has 0 saturated carbocycles. The number of fused-ring (bicyclic) bond motifs is 1. The first-order valence-electron chi connectivity index (χ1n) is 9.17. The Hall–Kier alpha value is -2.42. The van der Waals surface area contributed by atoms with Gasteiger partial charge in [0.15, 0.2) is 0 Å². The first-order valence-corrected chi connectivity index (χ1v) is 10.4. The largest absolute Gasteiger partial charge is 0.385 e. The predicted molar refractivity (Wildman–Crippen MR) is 115 cm³/mol. The first-order chi connectivity index (χ1) is 13.9. The van der Waals surface area contributed by atoms with Gasteiger partial charge in [-0.3, -0.25) is 9.59 Å². The monoisotopic (exact) mass is 434 g/mol. The van der Waals surface area contributed by atoms with Crippen LogP contribution in [0.15, 0.2) is 30.3 Å². The van der Waals surface area contributed by atoms with E-state index in [-0.39, 0.29) is 18.4 Å². The summed E-state index contributed by atoms with van der Waals surface area (Å²) in [6.45, 7) is 2.99. The van der Waals surface area contributed by atoms with Crippen molar-refractivity contribution in [2.45, 2.75) is 13.3 Å². The minimum absolute atomic E-state index is 0.00428. The summed E-state index contributed by atoms with van der Waals surface area (Å²) in [7, 11) is 3.24. The summed E-state index contributed by atoms with van der Waals surface area (Å²) in [5, 5.41) is 8.83. The van der Waals surface area contributed by atoms with Crippen LogP contribution in [0.2, 0.25) is 5.02 Å². The number of para-hydroxylation sites is 1. The second-order valence-electron chi connectivity index (χ2n) is 6.64. The molecule has 1 aromatic carbocycles. The van der Waals surface area contributed by atoms with Gasteiger partial charge in [0.1, 0.15) is 4.83 Å². The fourth-order valence-corrected chi connectivity index (χ4v) is 4.30. The molecule has 0 fully saturated rings. The Morgan fingerprint density at radius 2 is 2.10 bits per heavy atom. The van der Waals surface area contributed by atoms with Crippen LogP contribution in [0, 0.1) is 6.92 Å². The van der Waals surface area contributed by atoms with Crippen molar-refractivity contribution in [2.24, 2.45) is 0 Å². The zero-order chi connectivity index (χ0) is 21.0. The Balaban J connectivity index is 1.76. The van der Waals surface area contributed by atoms with Gasteiger partial charge in [-0.25, -0.2) is 4.68 Å². The summed E-state index contributed by atoms with van der Waals surface area (Å²) in [6, 6.07) is 9.26. The molecule has 0 bridgehead atoms. The molecule has 0 unspecified atom stereocenters. The Bertz CT molecular complexity index is 1030. The summed E-state index contributed by atoms with van der Waals surface area (Å²) >= 11 is 7.66. The lowest BCUT2D eigenvalue weighted by Crippen LogP contribution is -2.38. The van der Waals surface area contributed by atoms with Crippen LogP contribution in [0.1, 0.15) is 21.8 Å². The Labute approximate surface area is 178 Å². The molecule has 2 aromatic heterocycles. The molecule has 0 saturated heterocycles. The molecule has 1 N–H and O–H groups in total. The minimum Gasteiger partial charge on any atom is -0.385 e. The van der Waals surface area contributed by atoms with Crippen LogP contribution >= 0.6 is 22.9 Å². The number of hydrogen-bond acceptors (Lipinski definition) is 5. The molecule has 0 aliphatic heterocycles. The number of carbonyl (C=O) groups excluding carboxylic acids is 2. The smallest absolute Gasteiger partial charge is 0.264 e. The number of halogens is 1. The predicted octanol–water partition coefficient (Wildman–Crippen LogP) is 3.27. The van der Waals surface area contributed by atoms with Crippen LogP contribution in [-0.4, -0.2) is 60.3 Å². The normalized spacial score (nSPS) is 11.0. The van der Waals surface area contributed by atoms with E-state index in [0.717, 1.165) is 28.0 Å². The van der Waals surface area contributed by atoms with Crippen LogP contribution in [0.4, 0.5) is 0 Å². The highest BCUT2D eigenvalue weighted by atomic mass is 35.5. The molecule has 7 nitrogen and oxygen atoms in total. The summed E-state index contributed by atoms with van der Waals surface area (Å²) in [5.41, 5.74) is 1.57. The molecular weight excluding hydrogens is 412 g/mol. The lowest BCUT2D eigenvalue weighted by atomic mass is 10.3. The number of aromatic nitrogens is 2. The maximum Gasteiger partial charge on any atom is 0.264 e. The number of amides is 2. The van der Waals surface area contributed by atoms with Crippen molar-refractivity contribution < 1.29 is 14.3 Å². The van der Waals surface area contributed by atoms with Gasteiger partial charge < -0.3 is 15.0 Å². The average Bonchev–Trinajstić information content (AvgIpc) is 3.26. The van der Waals surface area contributed by atoms with E-state index in [1.165, 1.54) is 16.2 Å². The van der Waals surface area contributed by atoms with Crippen molar-refractivity contribution in [3.8, 4) is 5.69 Å². The van der Waals surface area contributed by atoms with E-state index in [1.54, 1.807) is 24.9 Å². The molecule has 0 aliphatic rings. The Morgan fingerprint density at radius 1 is 1.34 bits per heavy atom. The SMILES string of the molecule is COCCCNC(=O)CN(C)C(=O)c1cc2c(C)nn(-c3ccccc3Cl)c2s1. The van der Waals surface area contributed by atoms with Gasteiger partial charge in [-0.15, -0.1) is 11.3 Å². The van der Waals surface area contributed by atoms with Crippen LogP contribution in [0.5, 0.6) is 0 Å². The van der Waals surface area contributed by atoms with E-state index >= 15 is 0 Å². The van der Waals surface area contributed by atoms with Gasteiger partial charge >= 0.3 is 0 Å². The quantitative estimate of drug-likeness (QED) is 0.552. The Kier molecular flexibility index (Phi) is 6.89. The third-order valence-corrected chi connectivity index (χ3v) is 5.83. The van der Waals surface area contributed by atoms with E-state index in [0.29, 0.717) is 23.1 Å². The molecule has 29 heavy (non-hydrogen) atoms. The number of nitrogens with zero attached hydrogens (tertiary/aromatic N) is 3. The van der Waals surface area contributed by atoms with Crippen LogP contribution < -0.4 is 5.32 Å². The Morgan fingerprint density at radius 3 is 2.83 bits per heavy atom.